The number of nitriles is 1. The quantitative estimate of drug-likeness (QED) is 0.220. The molecule has 6 aromatic carbocycles. The van der Waals surface area contributed by atoms with Crippen molar-refractivity contribution < 1.29 is 0 Å². The summed E-state index contributed by atoms with van der Waals surface area (Å²) in [6.07, 6.45) is 0. The van der Waals surface area contributed by atoms with Crippen molar-refractivity contribution in [3.63, 3.8) is 0 Å². The Bertz CT molecular complexity index is 2020. The fraction of sp³-hybridized carbons (Fsp3) is 0. The van der Waals surface area contributed by atoms with Crippen LogP contribution < -0.4 is 0 Å². The Morgan fingerprint density at radius 3 is 1.52 bits per heavy atom. The molecule has 0 aliphatic carbocycles. The summed E-state index contributed by atoms with van der Waals surface area (Å²) in [5.74, 6) is 1.88. The van der Waals surface area contributed by atoms with Crippen LogP contribution >= 0.6 is 0 Å². The minimum absolute atomic E-state index is 0.614. The van der Waals surface area contributed by atoms with Crippen LogP contribution in [-0.2, 0) is 0 Å². The molecule has 0 radical (unpaired) electrons. The molecule has 4 nitrogen and oxygen atoms in total. The Balaban J connectivity index is 1.37. The molecule has 1 aromatic heterocycles. The third-order valence-electron chi connectivity index (χ3n) is 7.40. The van der Waals surface area contributed by atoms with Crippen molar-refractivity contribution >= 4 is 10.8 Å². The smallest absolute Gasteiger partial charge is 0.164 e. The Labute approximate surface area is 244 Å². The van der Waals surface area contributed by atoms with Gasteiger partial charge in [-0.2, -0.15) is 5.26 Å². The van der Waals surface area contributed by atoms with E-state index in [9.17, 15) is 5.26 Å². The van der Waals surface area contributed by atoms with E-state index in [0.717, 1.165) is 49.7 Å². The van der Waals surface area contributed by atoms with E-state index in [1.54, 1.807) is 0 Å². The molecule has 0 saturated carbocycles. The van der Waals surface area contributed by atoms with Crippen LogP contribution in [0.3, 0.4) is 0 Å². The Morgan fingerprint density at radius 2 is 0.905 bits per heavy atom. The highest BCUT2D eigenvalue weighted by molar-refractivity contribution is 6.05. The summed E-state index contributed by atoms with van der Waals surface area (Å²) in [4.78, 5) is 14.6. The minimum atomic E-state index is 0.614. The number of fused-ring (bicyclic) bond motifs is 1. The van der Waals surface area contributed by atoms with Gasteiger partial charge >= 0.3 is 0 Å². The van der Waals surface area contributed by atoms with E-state index in [2.05, 4.69) is 54.6 Å². The molecule has 0 N–H and O–H groups in total. The highest BCUT2D eigenvalue weighted by atomic mass is 15.0. The van der Waals surface area contributed by atoms with E-state index in [4.69, 9.17) is 15.0 Å². The lowest BCUT2D eigenvalue weighted by Gasteiger charge is -2.15. The maximum Gasteiger partial charge on any atom is 0.164 e. The second kappa shape index (κ2) is 10.9. The Kier molecular flexibility index (Phi) is 6.52. The van der Waals surface area contributed by atoms with Crippen LogP contribution in [0.15, 0.2) is 146 Å². The van der Waals surface area contributed by atoms with E-state index in [1.807, 2.05) is 97.1 Å². The third-order valence-corrected chi connectivity index (χ3v) is 7.40. The maximum atomic E-state index is 9.92. The molecule has 0 amide bonds. The molecule has 0 spiro atoms. The predicted molar refractivity (Wildman–Crippen MR) is 169 cm³/mol. The molecular weight excluding hydrogens is 512 g/mol. The summed E-state index contributed by atoms with van der Waals surface area (Å²) >= 11 is 0. The van der Waals surface area contributed by atoms with Crippen LogP contribution in [0.5, 0.6) is 0 Å². The summed E-state index contributed by atoms with van der Waals surface area (Å²) < 4.78 is 0. The van der Waals surface area contributed by atoms with Crippen molar-refractivity contribution in [1.29, 1.82) is 5.26 Å². The first-order valence-electron chi connectivity index (χ1n) is 13.8. The topological polar surface area (TPSA) is 62.5 Å². The van der Waals surface area contributed by atoms with E-state index in [1.165, 1.54) is 0 Å². The third kappa shape index (κ3) is 4.70. The van der Waals surface area contributed by atoms with Gasteiger partial charge < -0.3 is 0 Å². The molecule has 0 aliphatic heterocycles. The van der Waals surface area contributed by atoms with Crippen molar-refractivity contribution in [2.24, 2.45) is 0 Å². The molecule has 7 rings (SSSR count). The van der Waals surface area contributed by atoms with Gasteiger partial charge in [0.15, 0.2) is 17.5 Å². The number of hydrogen-bond acceptors (Lipinski definition) is 4. The molecule has 0 atom stereocenters. The van der Waals surface area contributed by atoms with Gasteiger partial charge in [0, 0.05) is 22.3 Å². The van der Waals surface area contributed by atoms with E-state index >= 15 is 0 Å². The van der Waals surface area contributed by atoms with Crippen molar-refractivity contribution in [3.8, 4) is 62.5 Å². The molecular formula is C38H24N4. The van der Waals surface area contributed by atoms with Gasteiger partial charge in [-0.25, -0.2) is 15.0 Å². The summed E-state index contributed by atoms with van der Waals surface area (Å²) in [6, 6.07) is 51.1. The zero-order valence-electron chi connectivity index (χ0n) is 22.6. The number of nitrogens with zero attached hydrogens (tertiary/aromatic N) is 4. The molecule has 0 unspecified atom stereocenters. The van der Waals surface area contributed by atoms with Gasteiger partial charge in [-0.3, -0.25) is 0 Å². The van der Waals surface area contributed by atoms with Gasteiger partial charge in [0.05, 0.1) is 11.6 Å². The van der Waals surface area contributed by atoms with Gasteiger partial charge in [0.2, 0.25) is 0 Å². The molecule has 0 saturated heterocycles. The number of hydrogen-bond donors (Lipinski definition) is 0. The predicted octanol–water partition coefficient (Wildman–Crippen LogP) is 9.23. The Morgan fingerprint density at radius 1 is 0.405 bits per heavy atom. The molecule has 4 heteroatoms. The SMILES string of the molecule is N#Cc1ccccc1-c1c(-c2ccc(-c3nc(-c4ccccc4)nc(-c4ccccc4)n3)cc2)ccc2ccccc12. The van der Waals surface area contributed by atoms with Crippen molar-refractivity contribution in [2.45, 2.75) is 0 Å². The van der Waals surface area contributed by atoms with Crippen LogP contribution in [-0.4, -0.2) is 15.0 Å². The summed E-state index contributed by atoms with van der Waals surface area (Å²) in [7, 11) is 0. The first-order valence-corrected chi connectivity index (χ1v) is 13.8. The highest BCUT2D eigenvalue weighted by Gasteiger charge is 2.16. The molecule has 0 bridgehead atoms. The van der Waals surface area contributed by atoms with Crippen LogP contribution in [0, 0.1) is 11.3 Å². The molecule has 0 fully saturated rings. The zero-order chi connectivity index (χ0) is 28.3. The summed E-state index contributed by atoms with van der Waals surface area (Å²) in [5, 5.41) is 12.2. The average Bonchev–Trinajstić information content (AvgIpc) is 3.08. The fourth-order valence-electron chi connectivity index (χ4n) is 5.34. The fourth-order valence-corrected chi connectivity index (χ4v) is 5.34. The first kappa shape index (κ1) is 25.1. The summed E-state index contributed by atoms with van der Waals surface area (Å²) in [5.41, 5.74) is 7.51. The molecule has 1 heterocycles. The molecule has 42 heavy (non-hydrogen) atoms. The Hall–Kier alpha value is -5.92. The van der Waals surface area contributed by atoms with E-state index in [-0.39, 0.29) is 0 Å². The van der Waals surface area contributed by atoms with Crippen molar-refractivity contribution in [1.82, 2.24) is 15.0 Å². The number of rotatable bonds is 5. The first-order chi connectivity index (χ1) is 20.8. The summed E-state index contributed by atoms with van der Waals surface area (Å²) in [6.45, 7) is 0. The number of benzene rings is 6. The van der Waals surface area contributed by atoms with Crippen molar-refractivity contribution in [3.05, 3.63) is 151 Å². The second-order valence-corrected chi connectivity index (χ2v) is 9.98. The van der Waals surface area contributed by atoms with Crippen LogP contribution in [0.25, 0.3) is 67.2 Å². The van der Waals surface area contributed by atoms with Gasteiger partial charge in [-0.1, -0.05) is 140 Å². The molecule has 7 aromatic rings. The normalized spacial score (nSPS) is 10.8. The zero-order valence-corrected chi connectivity index (χ0v) is 22.6. The second-order valence-electron chi connectivity index (χ2n) is 9.98. The van der Waals surface area contributed by atoms with E-state index in [0.29, 0.717) is 23.0 Å². The monoisotopic (exact) mass is 536 g/mol. The molecule has 196 valence electrons. The lowest BCUT2D eigenvalue weighted by atomic mass is 9.87. The van der Waals surface area contributed by atoms with Crippen LogP contribution in [0.4, 0.5) is 0 Å². The van der Waals surface area contributed by atoms with Crippen molar-refractivity contribution in [2.75, 3.05) is 0 Å². The average molecular weight is 537 g/mol. The minimum Gasteiger partial charge on any atom is -0.208 e. The number of aromatic nitrogens is 3. The standard InChI is InChI=1S/C38H24N4/c39-25-31-16-8-10-18-33(31)35-32-17-9-7-11-26(32)23-24-34(35)27-19-21-30(22-20-27)38-41-36(28-12-3-1-4-13-28)40-37(42-38)29-14-5-2-6-15-29/h1-24H. The highest BCUT2D eigenvalue weighted by Crippen LogP contribution is 2.40. The van der Waals surface area contributed by atoms with Gasteiger partial charge in [-0.15, -0.1) is 0 Å². The lowest BCUT2D eigenvalue weighted by molar-refractivity contribution is 1.07. The largest absolute Gasteiger partial charge is 0.208 e. The van der Waals surface area contributed by atoms with Crippen LogP contribution in [0.1, 0.15) is 5.56 Å². The van der Waals surface area contributed by atoms with Gasteiger partial charge in [0.25, 0.3) is 0 Å². The van der Waals surface area contributed by atoms with Gasteiger partial charge in [0.1, 0.15) is 0 Å². The maximum absolute atomic E-state index is 9.92. The van der Waals surface area contributed by atoms with Crippen LogP contribution in [0.2, 0.25) is 0 Å². The molecule has 0 aliphatic rings. The van der Waals surface area contributed by atoms with E-state index < -0.39 is 0 Å². The lowest BCUT2D eigenvalue weighted by Crippen LogP contribution is -2.00. The van der Waals surface area contributed by atoms with Gasteiger partial charge in [-0.05, 0) is 33.5 Å².